The van der Waals surface area contributed by atoms with Gasteiger partial charge in [-0.05, 0) is 19.4 Å². The van der Waals surface area contributed by atoms with Gasteiger partial charge in [0, 0.05) is 12.6 Å². The molecule has 140 valence electrons. The lowest BCUT2D eigenvalue weighted by Crippen LogP contribution is -2.34. The highest BCUT2D eigenvalue weighted by Gasteiger charge is 2.57. The van der Waals surface area contributed by atoms with Crippen LogP contribution in [0.4, 0.5) is 0 Å². The molecular weight excluding hydrogens is 381 g/mol. The quantitative estimate of drug-likeness (QED) is 0.754. The Bertz CT molecular complexity index is 913. The molecule has 1 amide bonds. The van der Waals surface area contributed by atoms with E-state index < -0.39 is 10.3 Å². The molecule has 26 heavy (non-hydrogen) atoms. The Morgan fingerprint density at radius 1 is 1.35 bits per heavy atom. The van der Waals surface area contributed by atoms with E-state index in [2.05, 4.69) is 9.97 Å². The second-order valence-corrected chi connectivity index (χ2v) is 7.65. The molecule has 1 unspecified atom stereocenters. The first-order chi connectivity index (χ1) is 12.3. The number of alkyl halides is 2. The van der Waals surface area contributed by atoms with Gasteiger partial charge in [-0.15, -0.1) is 23.2 Å². The van der Waals surface area contributed by atoms with Gasteiger partial charge in [-0.25, -0.2) is 4.98 Å². The van der Waals surface area contributed by atoms with E-state index in [-0.39, 0.29) is 18.0 Å². The molecule has 1 aliphatic rings. The van der Waals surface area contributed by atoms with Gasteiger partial charge in [0.1, 0.15) is 10.2 Å². The van der Waals surface area contributed by atoms with Gasteiger partial charge in [0.2, 0.25) is 5.91 Å². The third kappa shape index (κ3) is 3.46. The van der Waals surface area contributed by atoms with E-state index in [0.29, 0.717) is 41.2 Å². The second kappa shape index (κ2) is 6.96. The molecule has 1 heterocycles. The maximum atomic E-state index is 12.5. The first kappa shape index (κ1) is 18.8. The van der Waals surface area contributed by atoms with E-state index in [9.17, 15) is 9.59 Å². The number of halogens is 2. The first-order valence-corrected chi connectivity index (χ1v) is 8.87. The van der Waals surface area contributed by atoms with Crippen molar-refractivity contribution >= 4 is 40.0 Å². The van der Waals surface area contributed by atoms with Gasteiger partial charge in [-0.3, -0.25) is 9.59 Å². The number of ether oxygens (including phenoxy) is 2. The van der Waals surface area contributed by atoms with Crippen LogP contribution in [0.3, 0.4) is 0 Å². The number of aromatic amines is 1. The molecule has 2 aromatic rings. The van der Waals surface area contributed by atoms with Gasteiger partial charge >= 0.3 is 0 Å². The van der Waals surface area contributed by atoms with Crippen molar-refractivity contribution in [1.82, 2.24) is 14.9 Å². The Labute approximate surface area is 160 Å². The van der Waals surface area contributed by atoms with Crippen molar-refractivity contribution in [2.24, 2.45) is 5.92 Å². The molecule has 3 rings (SSSR count). The summed E-state index contributed by atoms with van der Waals surface area (Å²) in [6, 6.07) is 3.21. The smallest absolute Gasteiger partial charge is 0.258 e. The minimum Gasteiger partial charge on any atom is -0.493 e. The summed E-state index contributed by atoms with van der Waals surface area (Å²) >= 11 is 12.0. The fourth-order valence-corrected chi connectivity index (χ4v) is 3.31. The predicted octanol–water partition coefficient (Wildman–Crippen LogP) is 2.48. The fourth-order valence-electron chi connectivity index (χ4n) is 2.82. The summed E-state index contributed by atoms with van der Waals surface area (Å²) in [7, 11) is 3.01. The van der Waals surface area contributed by atoms with Gasteiger partial charge in [0.05, 0.1) is 37.6 Å². The molecule has 7 nitrogen and oxygen atoms in total. The van der Waals surface area contributed by atoms with E-state index in [1.54, 1.807) is 17.0 Å². The van der Waals surface area contributed by atoms with Gasteiger partial charge in [0.25, 0.3) is 5.56 Å². The highest BCUT2D eigenvalue weighted by Crippen LogP contribution is 2.53. The normalized spacial score (nSPS) is 17.8. The Hall–Kier alpha value is -1.99. The number of rotatable bonds is 6. The standard InChI is InChI=1S/C17H19Cl2N3O4/c1-4-22(16(24)10-7-17(10,18)19)8-14-20-11-6-13(26-3)12(25-2)5-9(11)15(23)21-14/h5-6,10H,4,7-8H2,1-3H3,(H,20,21,23). The van der Waals surface area contributed by atoms with E-state index in [1.165, 1.54) is 14.2 Å². The molecule has 0 radical (unpaired) electrons. The zero-order valence-electron chi connectivity index (χ0n) is 14.6. The first-order valence-electron chi connectivity index (χ1n) is 8.12. The molecule has 9 heteroatoms. The van der Waals surface area contributed by atoms with Crippen LogP contribution in [0.25, 0.3) is 10.9 Å². The molecule has 1 N–H and O–H groups in total. The Morgan fingerprint density at radius 2 is 1.96 bits per heavy atom. The minimum absolute atomic E-state index is 0.146. The zero-order chi connectivity index (χ0) is 19.1. The van der Waals surface area contributed by atoms with Crippen LogP contribution in [-0.2, 0) is 11.3 Å². The van der Waals surface area contributed by atoms with Crippen LogP contribution < -0.4 is 15.0 Å². The summed E-state index contributed by atoms with van der Waals surface area (Å²) in [5.41, 5.74) is 0.144. The van der Waals surface area contributed by atoms with E-state index in [1.807, 2.05) is 6.92 Å². The average Bonchev–Trinajstić information content (AvgIpc) is 3.26. The molecule has 1 aromatic carbocycles. The lowest BCUT2D eigenvalue weighted by atomic mass is 10.2. The van der Waals surface area contributed by atoms with Crippen molar-refractivity contribution in [1.29, 1.82) is 0 Å². The van der Waals surface area contributed by atoms with Crippen LogP contribution in [0, 0.1) is 5.92 Å². The van der Waals surface area contributed by atoms with Crippen molar-refractivity contribution in [3.05, 3.63) is 28.3 Å². The number of H-pyrrole nitrogens is 1. The third-order valence-corrected chi connectivity index (χ3v) is 5.25. The molecule has 1 aromatic heterocycles. The van der Waals surface area contributed by atoms with E-state index in [4.69, 9.17) is 32.7 Å². The van der Waals surface area contributed by atoms with Gasteiger partial charge < -0.3 is 19.4 Å². The summed E-state index contributed by atoms with van der Waals surface area (Å²) in [6.07, 6.45) is 0.435. The minimum atomic E-state index is -0.987. The number of carbonyl (C=O) groups is 1. The molecule has 0 bridgehead atoms. The second-order valence-electron chi connectivity index (χ2n) is 6.11. The highest BCUT2D eigenvalue weighted by atomic mass is 35.5. The van der Waals surface area contributed by atoms with E-state index >= 15 is 0 Å². The lowest BCUT2D eigenvalue weighted by molar-refractivity contribution is -0.133. The molecule has 1 aliphatic carbocycles. The monoisotopic (exact) mass is 399 g/mol. The summed E-state index contributed by atoms with van der Waals surface area (Å²) in [4.78, 5) is 33.7. The van der Waals surface area contributed by atoms with Crippen LogP contribution in [0.5, 0.6) is 11.5 Å². The average molecular weight is 400 g/mol. The number of methoxy groups -OCH3 is 2. The third-order valence-electron chi connectivity index (χ3n) is 4.42. The molecule has 1 saturated carbocycles. The summed E-state index contributed by atoms with van der Waals surface area (Å²) in [6.45, 7) is 2.46. The molecule has 1 atom stereocenters. The van der Waals surface area contributed by atoms with Crippen molar-refractivity contribution in [2.45, 2.75) is 24.2 Å². The predicted molar refractivity (Wildman–Crippen MR) is 99.1 cm³/mol. The topological polar surface area (TPSA) is 84.5 Å². The van der Waals surface area contributed by atoms with Crippen molar-refractivity contribution in [3.63, 3.8) is 0 Å². The number of benzene rings is 1. The van der Waals surface area contributed by atoms with Gasteiger partial charge in [-0.2, -0.15) is 0 Å². The number of carbonyl (C=O) groups excluding carboxylic acids is 1. The van der Waals surface area contributed by atoms with Gasteiger partial charge in [-0.1, -0.05) is 0 Å². The highest BCUT2D eigenvalue weighted by molar-refractivity contribution is 6.52. The van der Waals surface area contributed by atoms with E-state index in [0.717, 1.165) is 0 Å². The van der Waals surface area contributed by atoms with Crippen LogP contribution in [-0.4, -0.2) is 45.9 Å². The fraction of sp³-hybridized carbons (Fsp3) is 0.471. The summed E-state index contributed by atoms with van der Waals surface area (Å²) in [5, 5.41) is 0.378. The Kier molecular flexibility index (Phi) is 5.03. The molecule has 0 saturated heterocycles. The number of hydrogen-bond donors (Lipinski definition) is 1. The van der Waals surface area contributed by atoms with Crippen LogP contribution >= 0.6 is 23.2 Å². The number of nitrogens with one attached hydrogen (secondary N) is 1. The number of fused-ring (bicyclic) bond motifs is 1. The van der Waals surface area contributed by atoms with Gasteiger partial charge in [0.15, 0.2) is 11.5 Å². The van der Waals surface area contributed by atoms with Crippen molar-refractivity contribution in [3.8, 4) is 11.5 Å². The largest absolute Gasteiger partial charge is 0.493 e. The number of nitrogens with zero attached hydrogens (tertiary/aromatic N) is 2. The number of hydrogen-bond acceptors (Lipinski definition) is 5. The maximum absolute atomic E-state index is 12.5. The Balaban J connectivity index is 1.92. The van der Waals surface area contributed by atoms with Crippen LogP contribution in [0.2, 0.25) is 0 Å². The number of aromatic nitrogens is 2. The molecule has 0 aliphatic heterocycles. The van der Waals surface area contributed by atoms with Crippen LogP contribution in [0.1, 0.15) is 19.2 Å². The SMILES string of the molecule is CCN(Cc1nc2cc(OC)c(OC)cc2c(=O)[nH]1)C(=O)C1CC1(Cl)Cl. The maximum Gasteiger partial charge on any atom is 0.258 e. The zero-order valence-corrected chi connectivity index (χ0v) is 16.1. The molecule has 0 spiro atoms. The number of amides is 1. The molecule has 1 fully saturated rings. The molecular formula is C17H19Cl2N3O4. The summed E-state index contributed by atoms with van der Waals surface area (Å²) < 4.78 is 9.48. The Morgan fingerprint density at radius 3 is 2.50 bits per heavy atom. The van der Waals surface area contributed by atoms with Crippen LogP contribution in [0.15, 0.2) is 16.9 Å². The lowest BCUT2D eigenvalue weighted by Gasteiger charge is -2.20. The van der Waals surface area contributed by atoms with Crippen molar-refractivity contribution < 1.29 is 14.3 Å². The van der Waals surface area contributed by atoms with Crippen molar-refractivity contribution in [2.75, 3.05) is 20.8 Å². The summed E-state index contributed by atoms with van der Waals surface area (Å²) in [5.74, 6) is 0.731.